The molecular formula is C15H31N3. The highest BCUT2D eigenvalue weighted by atomic mass is 15.3. The molecule has 106 valence electrons. The van der Waals surface area contributed by atoms with Crippen molar-refractivity contribution < 1.29 is 0 Å². The zero-order valence-corrected chi connectivity index (χ0v) is 12.3. The van der Waals surface area contributed by atoms with Crippen LogP contribution in [0.15, 0.2) is 0 Å². The standard InChI is InChI=1S/C15H31N3/c1-3-7-15(2,12-16)13-17-9-10-18-8-5-4-6-14(18)11-17/h14H,3-13,16H2,1-2H3. The largest absolute Gasteiger partial charge is 0.330 e. The van der Waals surface area contributed by atoms with E-state index in [1.54, 1.807) is 0 Å². The second-order valence-electron chi connectivity index (χ2n) is 6.69. The summed E-state index contributed by atoms with van der Waals surface area (Å²) in [6.07, 6.45) is 6.75. The number of hydrogen-bond donors (Lipinski definition) is 1. The van der Waals surface area contributed by atoms with E-state index in [1.165, 1.54) is 64.8 Å². The number of hydrogen-bond acceptors (Lipinski definition) is 3. The molecule has 2 rings (SSSR count). The van der Waals surface area contributed by atoms with Gasteiger partial charge < -0.3 is 5.73 Å². The SMILES string of the molecule is CCCC(C)(CN)CN1CCN2CCCCC2C1. The average Bonchev–Trinajstić information content (AvgIpc) is 2.39. The predicted octanol–water partition coefficient (Wildman–Crippen LogP) is 1.92. The molecule has 0 bridgehead atoms. The third kappa shape index (κ3) is 3.46. The summed E-state index contributed by atoms with van der Waals surface area (Å²) in [7, 11) is 0. The minimum atomic E-state index is 0.325. The van der Waals surface area contributed by atoms with Gasteiger partial charge in [0.15, 0.2) is 0 Å². The molecule has 2 aliphatic heterocycles. The van der Waals surface area contributed by atoms with Crippen molar-refractivity contribution in [2.75, 3.05) is 39.3 Å². The molecule has 0 aromatic carbocycles. The van der Waals surface area contributed by atoms with Crippen molar-refractivity contribution in [3.05, 3.63) is 0 Å². The van der Waals surface area contributed by atoms with Crippen LogP contribution in [0.1, 0.15) is 46.0 Å². The first-order valence-electron chi connectivity index (χ1n) is 7.83. The number of fused-ring (bicyclic) bond motifs is 1. The Balaban J connectivity index is 1.86. The Morgan fingerprint density at radius 3 is 2.78 bits per heavy atom. The first kappa shape index (κ1) is 14.3. The third-order valence-electron chi connectivity index (χ3n) is 4.87. The summed E-state index contributed by atoms with van der Waals surface area (Å²) < 4.78 is 0. The van der Waals surface area contributed by atoms with Gasteiger partial charge in [0.1, 0.15) is 0 Å². The van der Waals surface area contributed by atoms with E-state index in [1.807, 2.05) is 0 Å². The lowest BCUT2D eigenvalue weighted by atomic mass is 9.84. The van der Waals surface area contributed by atoms with Crippen LogP contribution in [-0.4, -0.2) is 55.1 Å². The first-order valence-corrected chi connectivity index (χ1v) is 7.83. The van der Waals surface area contributed by atoms with E-state index in [9.17, 15) is 0 Å². The average molecular weight is 253 g/mol. The monoisotopic (exact) mass is 253 g/mol. The van der Waals surface area contributed by atoms with Gasteiger partial charge in [-0.05, 0) is 37.8 Å². The molecule has 18 heavy (non-hydrogen) atoms. The number of piperidine rings is 1. The van der Waals surface area contributed by atoms with E-state index < -0.39 is 0 Å². The van der Waals surface area contributed by atoms with Crippen molar-refractivity contribution in [2.24, 2.45) is 11.1 Å². The molecule has 0 spiro atoms. The van der Waals surface area contributed by atoms with Gasteiger partial charge in [0.2, 0.25) is 0 Å². The normalized spacial score (nSPS) is 29.8. The van der Waals surface area contributed by atoms with Crippen LogP contribution in [-0.2, 0) is 0 Å². The lowest BCUT2D eigenvalue weighted by Crippen LogP contribution is -2.56. The Labute approximate surface area is 113 Å². The Morgan fingerprint density at radius 2 is 2.06 bits per heavy atom. The molecule has 0 aliphatic carbocycles. The Hall–Kier alpha value is -0.120. The highest BCUT2D eigenvalue weighted by Crippen LogP contribution is 2.27. The van der Waals surface area contributed by atoms with Crippen LogP contribution in [0.4, 0.5) is 0 Å². The molecule has 2 saturated heterocycles. The van der Waals surface area contributed by atoms with Gasteiger partial charge in [-0.3, -0.25) is 9.80 Å². The summed E-state index contributed by atoms with van der Waals surface area (Å²) in [5.41, 5.74) is 6.33. The lowest BCUT2D eigenvalue weighted by molar-refractivity contribution is 0.0284. The Bertz CT molecular complexity index is 256. The maximum Gasteiger partial charge on any atom is 0.0223 e. The third-order valence-corrected chi connectivity index (χ3v) is 4.87. The highest BCUT2D eigenvalue weighted by Gasteiger charge is 2.32. The predicted molar refractivity (Wildman–Crippen MR) is 77.7 cm³/mol. The van der Waals surface area contributed by atoms with Gasteiger partial charge in [0, 0.05) is 32.2 Å². The first-order chi connectivity index (χ1) is 8.67. The summed E-state index contributed by atoms with van der Waals surface area (Å²) in [4.78, 5) is 5.38. The maximum atomic E-state index is 6.00. The van der Waals surface area contributed by atoms with Gasteiger partial charge in [-0.15, -0.1) is 0 Å². The lowest BCUT2D eigenvalue weighted by Gasteiger charge is -2.46. The fourth-order valence-corrected chi connectivity index (χ4v) is 3.75. The Morgan fingerprint density at radius 1 is 1.22 bits per heavy atom. The molecule has 0 saturated carbocycles. The van der Waals surface area contributed by atoms with Gasteiger partial charge in [-0.2, -0.15) is 0 Å². The van der Waals surface area contributed by atoms with Crippen LogP contribution in [0.2, 0.25) is 0 Å². The van der Waals surface area contributed by atoms with Crippen LogP contribution >= 0.6 is 0 Å². The molecule has 0 aromatic rings. The van der Waals surface area contributed by atoms with E-state index in [-0.39, 0.29) is 0 Å². The molecule has 2 fully saturated rings. The molecule has 2 aliphatic rings. The molecule has 0 amide bonds. The summed E-state index contributed by atoms with van der Waals surface area (Å²) in [6.45, 7) is 11.8. The minimum Gasteiger partial charge on any atom is -0.330 e. The minimum absolute atomic E-state index is 0.325. The van der Waals surface area contributed by atoms with Crippen molar-refractivity contribution in [1.82, 2.24) is 9.80 Å². The van der Waals surface area contributed by atoms with E-state index >= 15 is 0 Å². The number of nitrogens with zero attached hydrogens (tertiary/aromatic N) is 2. The van der Waals surface area contributed by atoms with Crippen LogP contribution in [0.5, 0.6) is 0 Å². The fourth-order valence-electron chi connectivity index (χ4n) is 3.75. The van der Waals surface area contributed by atoms with Crippen LogP contribution < -0.4 is 5.73 Å². The Kier molecular flexibility index (Phi) is 5.05. The summed E-state index contributed by atoms with van der Waals surface area (Å²) >= 11 is 0. The molecule has 0 aromatic heterocycles. The second-order valence-corrected chi connectivity index (χ2v) is 6.69. The van der Waals surface area contributed by atoms with Crippen LogP contribution in [0.3, 0.4) is 0 Å². The summed E-state index contributed by atoms with van der Waals surface area (Å²) in [6, 6.07) is 0.830. The number of piperazine rings is 1. The molecule has 2 N–H and O–H groups in total. The van der Waals surface area contributed by atoms with E-state index in [0.29, 0.717) is 5.41 Å². The van der Waals surface area contributed by atoms with Crippen molar-refractivity contribution >= 4 is 0 Å². The molecule has 3 nitrogen and oxygen atoms in total. The van der Waals surface area contributed by atoms with Gasteiger partial charge in [-0.1, -0.05) is 26.7 Å². The van der Waals surface area contributed by atoms with E-state index in [4.69, 9.17) is 5.73 Å². The van der Waals surface area contributed by atoms with Gasteiger partial charge in [0.05, 0.1) is 0 Å². The number of nitrogens with two attached hydrogens (primary N) is 1. The molecule has 2 heterocycles. The highest BCUT2D eigenvalue weighted by molar-refractivity contribution is 4.88. The molecule has 2 unspecified atom stereocenters. The quantitative estimate of drug-likeness (QED) is 0.812. The topological polar surface area (TPSA) is 32.5 Å². The van der Waals surface area contributed by atoms with Crippen molar-refractivity contribution in [3.63, 3.8) is 0 Å². The molecule has 3 heteroatoms. The smallest absolute Gasteiger partial charge is 0.0223 e. The second kappa shape index (κ2) is 6.36. The van der Waals surface area contributed by atoms with Gasteiger partial charge in [-0.25, -0.2) is 0 Å². The van der Waals surface area contributed by atoms with E-state index in [2.05, 4.69) is 23.6 Å². The molecule has 0 radical (unpaired) electrons. The summed E-state index contributed by atoms with van der Waals surface area (Å²) in [5, 5.41) is 0. The van der Waals surface area contributed by atoms with Gasteiger partial charge >= 0.3 is 0 Å². The number of rotatable bonds is 5. The van der Waals surface area contributed by atoms with Crippen molar-refractivity contribution in [2.45, 2.75) is 52.0 Å². The molecular weight excluding hydrogens is 222 g/mol. The zero-order chi connectivity index (χ0) is 13.0. The van der Waals surface area contributed by atoms with E-state index in [0.717, 1.165) is 12.6 Å². The van der Waals surface area contributed by atoms with Crippen LogP contribution in [0.25, 0.3) is 0 Å². The fraction of sp³-hybridized carbons (Fsp3) is 1.00. The van der Waals surface area contributed by atoms with Crippen molar-refractivity contribution in [3.8, 4) is 0 Å². The van der Waals surface area contributed by atoms with Crippen LogP contribution in [0, 0.1) is 5.41 Å². The van der Waals surface area contributed by atoms with Crippen molar-refractivity contribution in [1.29, 1.82) is 0 Å². The molecule has 2 atom stereocenters. The maximum absolute atomic E-state index is 6.00. The van der Waals surface area contributed by atoms with Gasteiger partial charge in [0.25, 0.3) is 0 Å². The summed E-state index contributed by atoms with van der Waals surface area (Å²) in [5.74, 6) is 0. The zero-order valence-electron chi connectivity index (χ0n) is 12.3.